The van der Waals surface area contributed by atoms with E-state index in [1.807, 2.05) is 0 Å². The average molecular weight is 295 g/mol. The zero-order valence-corrected chi connectivity index (χ0v) is 14.2. The van der Waals surface area contributed by atoms with Crippen molar-refractivity contribution < 1.29 is 9.47 Å². The van der Waals surface area contributed by atoms with Crippen LogP contribution in [0.15, 0.2) is 9.98 Å². The minimum Gasteiger partial charge on any atom is -0.478 e. The fraction of sp³-hybridized carbons (Fsp3) is 0.875. The molecule has 0 bridgehead atoms. The maximum atomic E-state index is 5.64. The van der Waals surface area contributed by atoms with Crippen LogP contribution in [-0.2, 0) is 9.47 Å². The van der Waals surface area contributed by atoms with E-state index in [0.717, 1.165) is 11.8 Å². The number of rotatable bonds is 4. The molecule has 2 heterocycles. The molecule has 2 rings (SSSR count). The van der Waals surface area contributed by atoms with Crippen LogP contribution in [0.3, 0.4) is 0 Å². The van der Waals surface area contributed by atoms with Crippen LogP contribution in [0.1, 0.15) is 41.5 Å². The van der Waals surface area contributed by atoms with Crippen LogP contribution in [0, 0.1) is 10.8 Å². The minimum absolute atomic E-state index is 0.153. The summed E-state index contributed by atoms with van der Waals surface area (Å²) in [6, 6.07) is 0.499. The second-order valence-corrected chi connectivity index (χ2v) is 8.03. The quantitative estimate of drug-likeness (QED) is 0.865. The zero-order valence-electron chi connectivity index (χ0n) is 14.2. The van der Waals surface area contributed by atoms with Gasteiger partial charge >= 0.3 is 0 Å². The lowest BCUT2D eigenvalue weighted by Gasteiger charge is -2.21. The van der Waals surface area contributed by atoms with E-state index in [1.54, 1.807) is 0 Å². The highest BCUT2D eigenvalue weighted by molar-refractivity contribution is 5.82. The molecule has 5 heteroatoms. The van der Waals surface area contributed by atoms with Crippen LogP contribution >= 0.6 is 0 Å². The van der Waals surface area contributed by atoms with Crippen molar-refractivity contribution in [3.05, 3.63) is 0 Å². The van der Waals surface area contributed by atoms with Crippen molar-refractivity contribution in [2.45, 2.75) is 53.6 Å². The summed E-state index contributed by atoms with van der Waals surface area (Å²) in [5.41, 5.74) is 0.306. The van der Waals surface area contributed by atoms with E-state index in [4.69, 9.17) is 9.47 Å². The molecule has 0 aromatic rings. The predicted octanol–water partition coefficient (Wildman–Crippen LogP) is 2.26. The molecular formula is C16H29N3O2. The molecule has 0 saturated carbocycles. The molecule has 1 N–H and O–H groups in total. The van der Waals surface area contributed by atoms with Crippen LogP contribution in [-0.4, -0.2) is 50.2 Å². The number of aliphatic imine (C=N–C) groups is 2. The van der Waals surface area contributed by atoms with Gasteiger partial charge in [0.15, 0.2) is 11.8 Å². The summed E-state index contributed by atoms with van der Waals surface area (Å²) >= 11 is 0. The Hall–Kier alpha value is -1.10. The Kier molecular flexibility index (Phi) is 4.61. The average Bonchev–Trinajstić information content (AvgIpc) is 2.95. The molecule has 0 aliphatic carbocycles. The largest absolute Gasteiger partial charge is 0.478 e. The summed E-state index contributed by atoms with van der Waals surface area (Å²) in [5, 5.41) is 3.30. The van der Waals surface area contributed by atoms with Crippen LogP contribution in [0.5, 0.6) is 0 Å². The van der Waals surface area contributed by atoms with Gasteiger partial charge < -0.3 is 14.8 Å². The third kappa shape index (κ3) is 4.43. The first-order valence-electron chi connectivity index (χ1n) is 7.76. The third-order valence-corrected chi connectivity index (χ3v) is 3.97. The second kappa shape index (κ2) is 5.95. The van der Waals surface area contributed by atoms with Crippen LogP contribution in [0.25, 0.3) is 0 Å². The van der Waals surface area contributed by atoms with Crippen molar-refractivity contribution >= 4 is 11.8 Å². The first-order valence-corrected chi connectivity index (χ1v) is 7.76. The van der Waals surface area contributed by atoms with E-state index < -0.39 is 0 Å². The predicted molar refractivity (Wildman–Crippen MR) is 86.1 cm³/mol. The van der Waals surface area contributed by atoms with Gasteiger partial charge in [0.2, 0.25) is 0 Å². The molecule has 120 valence electrons. The Balaban J connectivity index is 1.76. The van der Waals surface area contributed by atoms with Gasteiger partial charge in [-0.25, -0.2) is 9.98 Å². The molecule has 2 aliphatic rings. The maximum Gasteiger partial charge on any atom is 0.198 e. The van der Waals surface area contributed by atoms with Crippen LogP contribution in [0.2, 0.25) is 0 Å². The highest BCUT2D eigenvalue weighted by atomic mass is 16.5. The normalized spacial score (nSPS) is 26.2. The Labute approximate surface area is 128 Å². The van der Waals surface area contributed by atoms with Gasteiger partial charge in [0.05, 0.1) is 25.2 Å². The van der Waals surface area contributed by atoms with Gasteiger partial charge in [-0.1, -0.05) is 41.5 Å². The van der Waals surface area contributed by atoms with Crippen LogP contribution < -0.4 is 5.32 Å². The first kappa shape index (κ1) is 16.3. The topological polar surface area (TPSA) is 55.2 Å². The van der Waals surface area contributed by atoms with Crippen molar-refractivity contribution in [2.24, 2.45) is 20.8 Å². The molecule has 0 unspecified atom stereocenters. The number of nitrogens with zero attached hydrogens (tertiary/aromatic N) is 2. The fourth-order valence-corrected chi connectivity index (χ4v) is 2.20. The van der Waals surface area contributed by atoms with Gasteiger partial charge in [-0.3, -0.25) is 0 Å². The standard InChI is InChI=1S/C16H29N3O2/c1-15(2,3)11-9-20-13(18-11)7-17-8-14-19-12(10-21-14)16(4,5)6/h11-12,17H,7-10H2,1-6H3/t11-,12+. The Morgan fingerprint density at radius 1 is 0.857 bits per heavy atom. The van der Waals surface area contributed by atoms with E-state index in [0.29, 0.717) is 26.3 Å². The second-order valence-electron chi connectivity index (χ2n) is 8.03. The van der Waals surface area contributed by atoms with E-state index >= 15 is 0 Å². The molecule has 0 aromatic carbocycles. The third-order valence-electron chi connectivity index (χ3n) is 3.97. The molecule has 21 heavy (non-hydrogen) atoms. The smallest absolute Gasteiger partial charge is 0.198 e. The van der Waals surface area contributed by atoms with Gasteiger partial charge in [-0.15, -0.1) is 0 Å². The lowest BCUT2D eigenvalue weighted by atomic mass is 9.88. The van der Waals surface area contributed by atoms with E-state index in [9.17, 15) is 0 Å². The summed E-state index contributed by atoms with van der Waals surface area (Å²) in [5.74, 6) is 1.58. The maximum absolute atomic E-state index is 5.64. The van der Waals surface area contributed by atoms with E-state index in [-0.39, 0.29) is 22.9 Å². The Bertz CT molecular complexity index is 390. The highest BCUT2D eigenvalue weighted by Gasteiger charge is 2.31. The summed E-state index contributed by atoms with van der Waals surface area (Å²) in [6.45, 7) is 15.8. The minimum atomic E-state index is 0.153. The van der Waals surface area contributed by atoms with E-state index in [1.165, 1.54) is 0 Å². The highest BCUT2D eigenvalue weighted by Crippen LogP contribution is 2.26. The van der Waals surface area contributed by atoms with Crippen molar-refractivity contribution in [3.63, 3.8) is 0 Å². The van der Waals surface area contributed by atoms with Crippen LogP contribution in [0.4, 0.5) is 0 Å². The van der Waals surface area contributed by atoms with Gasteiger partial charge in [-0.2, -0.15) is 0 Å². The van der Waals surface area contributed by atoms with Gasteiger partial charge in [-0.05, 0) is 10.8 Å². The van der Waals surface area contributed by atoms with Crippen molar-refractivity contribution in [1.82, 2.24) is 5.32 Å². The monoisotopic (exact) mass is 295 g/mol. The molecule has 0 spiro atoms. The lowest BCUT2D eigenvalue weighted by molar-refractivity contribution is 0.232. The molecule has 0 amide bonds. The number of hydrogen-bond donors (Lipinski definition) is 1. The van der Waals surface area contributed by atoms with Crippen molar-refractivity contribution in [2.75, 3.05) is 26.3 Å². The molecule has 0 radical (unpaired) electrons. The van der Waals surface area contributed by atoms with E-state index in [2.05, 4.69) is 56.8 Å². The van der Waals surface area contributed by atoms with Gasteiger partial charge in [0.25, 0.3) is 0 Å². The summed E-state index contributed by atoms with van der Waals surface area (Å²) in [7, 11) is 0. The molecule has 5 nitrogen and oxygen atoms in total. The van der Waals surface area contributed by atoms with Gasteiger partial charge in [0.1, 0.15) is 13.2 Å². The zero-order chi connectivity index (χ0) is 15.7. The van der Waals surface area contributed by atoms with Crippen molar-refractivity contribution in [3.8, 4) is 0 Å². The number of hydrogen-bond acceptors (Lipinski definition) is 5. The number of ether oxygens (including phenoxy) is 2. The molecule has 2 aliphatic heterocycles. The first-order chi connectivity index (χ1) is 9.66. The molecule has 0 saturated heterocycles. The SMILES string of the molecule is CC(C)(C)[C@@H]1COC(CNCC2=N[C@@H](C(C)(C)C)CO2)=N1. The van der Waals surface area contributed by atoms with Gasteiger partial charge in [0, 0.05) is 0 Å². The molecule has 0 fully saturated rings. The Morgan fingerprint density at radius 3 is 1.52 bits per heavy atom. The summed E-state index contributed by atoms with van der Waals surface area (Å²) < 4.78 is 11.3. The fourth-order valence-electron chi connectivity index (χ4n) is 2.20. The molecule has 2 atom stereocenters. The summed E-state index contributed by atoms with van der Waals surface area (Å²) in [4.78, 5) is 9.26. The lowest BCUT2D eigenvalue weighted by Crippen LogP contribution is -2.29. The Morgan fingerprint density at radius 2 is 1.24 bits per heavy atom. The number of nitrogens with one attached hydrogen (secondary N) is 1. The molecular weight excluding hydrogens is 266 g/mol. The molecule has 0 aromatic heterocycles. The van der Waals surface area contributed by atoms with Crippen molar-refractivity contribution in [1.29, 1.82) is 0 Å². The summed E-state index contributed by atoms with van der Waals surface area (Å²) in [6.07, 6.45) is 0.